The zero-order chi connectivity index (χ0) is 16.9. The summed E-state index contributed by atoms with van der Waals surface area (Å²) in [6.45, 7) is 2.90. The molecule has 1 fully saturated rings. The van der Waals surface area contributed by atoms with Crippen LogP contribution in [0.5, 0.6) is 0 Å². The highest BCUT2D eigenvalue weighted by atomic mass is 16.2. The number of hydrogen-bond donors (Lipinski definition) is 1. The van der Waals surface area contributed by atoms with Crippen molar-refractivity contribution in [1.29, 1.82) is 0 Å². The summed E-state index contributed by atoms with van der Waals surface area (Å²) in [5, 5.41) is 2.86. The number of carbonyl (C=O) groups excluding carboxylic acids is 2. The zero-order valence-electron chi connectivity index (χ0n) is 13.9. The summed E-state index contributed by atoms with van der Waals surface area (Å²) < 4.78 is 0. The Labute approximate surface area is 142 Å². The topological polar surface area (TPSA) is 49.4 Å². The summed E-state index contributed by atoms with van der Waals surface area (Å²) in [4.78, 5) is 26.9. The fourth-order valence-corrected chi connectivity index (χ4v) is 3.09. The number of amides is 2. The average molecular weight is 322 g/mol. The Bertz CT molecular complexity index is 727. The number of benzene rings is 2. The number of rotatable bonds is 3. The minimum Gasteiger partial charge on any atom is -0.336 e. The van der Waals surface area contributed by atoms with Crippen LogP contribution in [0.1, 0.15) is 46.9 Å². The third kappa shape index (κ3) is 3.65. The number of nitrogens with zero attached hydrogens (tertiary/aromatic N) is 1. The quantitative estimate of drug-likeness (QED) is 0.930. The van der Waals surface area contributed by atoms with Gasteiger partial charge < -0.3 is 10.2 Å². The number of carbonyl (C=O) groups is 2. The van der Waals surface area contributed by atoms with Crippen molar-refractivity contribution in [3.63, 3.8) is 0 Å². The largest absolute Gasteiger partial charge is 0.336 e. The summed E-state index contributed by atoms with van der Waals surface area (Å²) in [6.07, 6.45) is 3.29. The van der Waals surface area contributed by atoms with Gasteiger partial charge in [0.15, 0.2) is 0 Å². The molecule has 124 valence electrons. The smallest absolute Gasteiger partial charge is 0.255 e. The number of hydrogen-bond acceptors (Lipinski definition) is 2. The van der Waals surface area contributed by atoms with Gasteiger partial charge in [-0.05, 0) is 56.5 Å². The molecule has 2 aromatic rings. The van der Waals surface area contributed by atoms with E-state index in [1.54, 1.807) is 24.3 Å². The van der Waals surface area contributed by atoms with Gasteiger partial charge in [0.2, 0.25) is 0 Å². The Morgan fingerprint density at radius 2 is 1.75 bits per heavy atom. The molecule has 1 saturated heterocycles. The lowest BCUT2D eigenvalue weighted by Crippen LogP contribution is -2.42. The molecule has 0 aliphatic carbocycles. The van der Waals surface area contributed by atoms with Gasteiger partial charge in [0.05, 0.1) is 0 Å². The highest BCUT2D eigenvalue weighted by Crippen LogP contribution is 2.21. The molecule has 4 nitrogen and oxygen atoms in total. The third-order valence-corrected chi connectivity index (χ3v) is 4.47. The van der Waals surface area contributed by atoms with Crippen molar-refractivity contribution in [3.05, 3.63) is 65.7 Å². The van der Waals surface area contributed by atoms with E-state index in [1.807, 2.05) is 35.2 Å². The molecule has 0 bridgehead atoms. The zero-order valence-corrected chi connectivity index (χ0v) is 13.9. The van der Waals surface area contributed by atoms with Crippen molar-refractivity contribution < 1.29 is 9.59 Å². The van der Waals surface area contributed by atoms with E-state index >= 15 is 0 Å². The molecule has 4 heteroatoms. The van der Waals surface area contributed by atoms with Gasteiger partial charge in [-0.25, -0.2) is 0 Å². The van der Waals surface area contributed by atoms with Crippen LogP contribution in [0.3, 0.4) is 0 Å². The molecule has 24 heavy (non-hydrogen) atoms. The molecule has 1 aliphatic rings. The van der Waals surface area contributed by atoms with Gasteiger partial charge in [0.1, 0.15) is 0 Å². The Morgan fingerprint density at radius 1 is 1.00 bits per heavy atom. The molecule has 0 saturated carbocycles. The highest BCUT2D eigenvalue weighted by molar-refractivity contribution is 6.05. The lowest BCUT2D eigenvalue weighted by atomic mass is 10.0. The van der Waals surface area contributed by atoms with Crippen molar-refractivity contribution in [2.75, 3.05) is 11.9 Å². The Balaban J connectivity index is 1.74. The second kappa shape index (κ2) is 7.30. The lowest BCUT2D eigenvalue weighted by Gasteiger charge is -2.33. The van der Waals surface area contributed by atoms with Crippen LogP contribution in [0.2, 0.25) is 0 Å². The Morgan fingerprint density at radius 3 is 2.50 bits per heavy atom. The second-order valence-corrected chi connectivity index (χ2v) is 6.24. The molecule has 1 aliphatic heterocycles. The van der Waals surface area contributed by atoms with Crippen LogP contribution in [-0.4, -0.2) is 29.3 Å². The van der Waals surface area contributed by atoms with Gasteiger partial charge >= 0.3 is 0 Å². The summed E-state index contributed by atoms with van der Waals surface area (Å²) in [5.41, 5.74) is 1.85. The van der Waals surface area contributed by atoms with Crippen molar-refractivity contribution in [2.24, 2.45) is 0 Å². The Kier molecular flexibility index (Phi) is 4.94. The third-order valence-electron chi connectivity index (χ3n) is 4.47. The van der Waals surface area contributed by atoms with E-state index in [0.717, 1.165) is 19.4 Å². The predicted octanol–water partition coefficient (Wildman–Crippen LogP) is 3.95. The first-order valence-electron chi connectivity index (χ1n) is 8.42. The molecule has 0 radical (unpaired) electrons. The van der Waals surface area contributed by atoms with E-state index in [1.165, 1.54) is 6.42 Å². The molecule has 2 amide bonds. The van der Waals surface area contributed by atoms with Gasteiger partial charge in [-0.2, -0.15) is 0 Å². The van der Waals surface area contributed by atoms with Crippen LogP contribution >= 0.6 is 0 Å². The number of piperidine rings is 1. The van der Waals surface area contributed by atoms with Gasteiger partial charge in [-0.3, -0.25) is 9.59 Å². The minimum absolute atomic E-state index is 0.0398. The standard InChI is InChI=1S/C20H22N2O2/c1-15-8-5-6-13-22(15)20(24)17-11-7-12-18(14-17)21-19(23)16-9-3-2-4-10-16/h2-4,7,9-12,14-15H,5-6,8,13H2,1H3,(H,21,23). The fourth-order valence-electron chi connectivity index (χ4n) is 3.09. The maximum absolute atomic E-state index is 12.7. The molecule has 3 rings (SSSR count). The monoisotopic (exact) mass is 322 g/mol. The lowest BCUT2D eigenvalue weighted by molar-refractivity contribution is 0.0635. The van der Waals surface area contributed by atoms with Crippen molar-refractivity contribution >= 4 is 17.5 Å². The maximum atomic E-state index is 12.7. The summed E-state index contributed by atoms with van der Waals surface area (Å²) in [6, 6.07) is 16.5. The molecule has 0 spiro atoms. The molecule has 2 aromatic carbocycles. The fraction of sp³-hybridized carbons (Fsp3) is 0.300. The molecular weight excluding hydrogens is 300 g/mol. The minimum atomic E-state index is -0.175. The van der Waals surface area contributed by atoms with E-state index in [0.29, 0.717) is 16.8 Å². The molecular formula is C20H22N2O2. The van der Waals surface area contributed by atoms with Gasteiger partial charge in [-0.1, -0.05) is 24.3 Å². The Hall–Kier alpha value is -2.62. The summed E-state index contributed by atoms with van der Waals surface area (Å²) >= 11 is 0. The highest BCUT2D eigenvalue weighted by Gasteiger charge is 2.24. The molecule has 1 N–H and O–H groups in total. The van der Waals surface area contributed by atoms with Crippen LogP contribution < -0.4 is 5.32 Å². The maximum Gasteiger partial charge on any atom is 0.255 e. The molecule has 1 heterocycles. The van der Waals surface area contributed by atoms with Crippen LogP contribution in [0.25, 0.3) is 0 Å². The average Bonchev–Trinajstić information content (AvgIpc) is 2.62. The van der Waals surface area contributed by atoms with Gasteiger partial charge in [0.25, 0.3) is 11.8 Å². The van der Waals surface area contributed by atoms with Gasteiger partial charge in [-0.15, -0.1) is 0 Å². The molecule has 0 aromatic heterocycles. The van der Waals surface area contributed by atoms with Crippen molar-refractivity contribution in [1.82, 2.24) is 4.90 Å². The number of anilines is 1. The van der Waals surface area contributed by atoms with E-state index in [2.05, 4.69) is 12.2 Å². The second-order valence-electron chi connectivity index (χ2n) is 6.24. The first kappa shape index (κ1) is 16.2. The van der Waals surface area contributed by atoms with Crippen molar-refractivity contribution in [2.45, 2.75) is 32.2 Å². The van der Waals surface area contributed by atoms with Crippen LogP contribution in [0.15, 0.2) is 54.6 Å². The van der Waals surface area contributed by atoms with E-state index in [-0.39, 0.29) is 17.9 Å². The first-order valence-corrected chi connectivity index (χ1v) is 8.42. The SMILES string of the molecule is CC1CCCCN1C(=O)c1cccc(NC(=O)c2ccccc2)c1. The molecule has 1 unspecified atom stereocenters. The van der Waals surface area contributed by atoms with Crippen LogP contribution in [0, 0.1) is 0 Å². The van der Waals surface area contributed by atoms with Crippen LogP contribution in [0.4, 0.5) is 5.69 Å². The number of likely N-dealkylation sites (tertiary alicyclic amines) is 1. The number of nitrogens with one attached hydrogen (secondary N) is 1. The van der Waals surface area contributed by atoms with E-state index < -0.39 is 0 Å². The predicted molar refractivity (Wildman–Crippen MR) is 95.2 cm³/mol. The van der Waals surface area contributed by atoms with Crippen molar-refractivity contribution in [3.8, 4) is 0 Å². The van der Waals surface area contributed by atoms with Gasteiger partial charge in [0, 0.05) is 29.4 Å². The van der Waals surface area contributed by atoms with Crippen LogP contribution in [-0.2, 0) is 0 Å². The van der Waals surface area contributed by atoms with E-state index in [4.69, 9.17) is 0 Å². The summed E-state index contributed by atoms with van der Waals surface area (Å²) in [7, 11) is 0. The normalized spacial score (nSPS) is 17.4. The van der Waals surface area contributed by atoms with E-state index in [9.17, 15) is 9.59 Å². The molecule has 1 atom stereocenters. The summed E-state index contributed by atoms with van der Waals surface area (Å²) in [5.74, 6) is -0.135. The first-order chi connectivity index (χ1) is 11.6.